The molecule has 3 rings (SSSR count). The maximum atomic E-state index is 6.05. The van der Waals surface area contributed by atoms with Crippen molar-refractivity contribution >= 4 is 36.2 Å². The number of benzene rings is 1. The number of allylic oxidation sites excluding steroid dienone is 1. The van der Waals surface area contributed by atoms with Crippen LogP contribution in [0.3, 0.4) is 0 Å². The molecule has 0 fully saturated rings. The molecule has 0 amide bonds. The smallest absolute Gasteiger partial charge is 0.162 e. The van der Waals surface area contributed by atoms with Crippen LogP contribution in [-0.2, 0) is 6.42 Å². The maximum Gasteiger partial charge on any atom is 0.162 e. The third kappa shape index (κ3) is 3.67. The van der Waals surface area contributed by atoms with Crippen molar-refractivity contribution in [1.82, 2.24) is 4.57 Å². The molecule has 0 N–H and O–H groups in total. The van der Waals surface area contributed by atoms with Crippen LogP contribution >= 0.6 is 23.6 Å². The molecule has 0 aliphatic carbocycles. The number of rotatable bonds is 5. The fourth-order valence-corrected chi connectivity index (χ4v) is 4.30. The molecule has 26 heavy (non-hydrogen) atoms. The summed E-state index contributed by atoms with van der Waals surface area (Å²) in [4.78, 5) is 0. The zero-order chi connectivity index (χ0) is 18.8. The lowest BCUT2D eigenvalue weighted by atomic mass is 10.1. The molecule has 2 aromatic heterocycles. The highest BCUT2D eigenvalue weighted by atomic mass is 32.1. The van der Waals surface area contributed by atoms with Crippen molar-refractivity contribution in [3.05, 3.63) is 73.7 Å². The van der Waals surface area contributed by atoms with E-state index < -0.39 is 0 Å². The average Bonchev–Trinajstić information content (AvgIpc) is 3.19. The van der Waals surface area contributed by atoms with Crippen LogP contribution < -0.4 is 9.88 Å². The number of thiazole rings is 1. The molecule has 0 saturated carbocycles. The van der Waals surface area contributed by atoms with Gasteiger partial charge in [0.25, 0.3) is 0 Å². The lowest BCUT2D eigenvalue weighted by Gasteiger charge is -2.13. The molecule has 1 unspecified atom stereocenters. The Hall–Kier alpha value is -2.17. The molecule has 2 heterocycles. The fraction of sp³-hybridized carbons (Fsp3) is 0.227. The molecule has 3 aromatic rings. The molecule has 0 aliphatic rings. The lowest BCUT2D eigenvalue weighted by molar-refractivity contribution is 0.571. The van der Waals surface area contributed by atoms with Crippen molar-refractivity contribution in [1.29, 1.82) is 0 Å². The minimum Gasteiger partial charge on any atom is -0.457 e. The van der Waals surface area contributed by atoms with Crippen LogP contribution in [0.25, 0.3) is 24.0 Å². The quantitative estimate of drug-likeness (QED) is 0.430. The molecule has 0 spiro atoms. The normalized spacial score (nSPS) is 13.1. The van der Waals surface area contributed by atoms with Gasteiger partial charge in [-0.2, -0.15) is 0 Å². The van der Waals surface area contributed by atoms with Gasteiger partial charge in [0.2, 0.25) is 0 Å². The molecule has 1 aromatic carbocycles. The number of hydrogen-bond acceptors (Lipinski definition) is 3. The van der Waals surface area contributed by atoms with Crippen LogP contribution in [0.1, 0.15) is 38.1 Å². The summed E-state index contributed by atoms with van der Waals surface area (Å²) < 4.78 is 9.93. The zero-order valence-electron chi connectivity index (χ0n) is 15.4. The molecule has 134 valence electrons. The minimum atomic E-state index is 0.136. The Kier molecular flexibility index (Phi) is 5.44. The van der Waals surface area contributed by atoms with Gasteiger partial charge < -0.3 is 8.98 Å². The monoisotopic (exact) mass is 381 g/mol. The van der Waals surface area contributed by atoms with Gasteiger partial charge >= 0.3 is 0 Å². The third-order valence-corrected chi connectivity index (χ3v) is 5.98. The van der Waals surface area contributed by atoms with Gasteiger partial charge in [0.05, 0.1) is 15.9 Å². The molecule has 0 saturated heterocycles. The Morgan fingerprint density at radius 3 is 2.81 bits per heavy atom. The van der Waals surface area contributed by atoms with E-state index in [-0.39, 0.29) is 6.04 Å². The molecule has 0 aliphatic heterocycles. The van der Waals surface area contributed by atoms with E-state index in [0.29, 0.717) is 0 Å². The Morgan fingerprint density at radius 2 is 2.12 bits per heavy atom. The Labute approximate surface area is 163 Å². The highest BCUT2D eigenvalue weighted by molar-refractivity contribution is 7.73. The Balaban J connectivity index is 2.01. The lowest BCUT2D eigenvalue weighted by Crippen LogP contribution is -2.29. The van der Waals surface area contributed by atoms with Crippen LogP contribution in [0, 0.1) is 3.95 Å². The van der Waals surface area contributed by atoms with Gasteiger partial charge in [-0.25, -0.2) is 0 Å². The summed E-state index contributed by atoms with van der Waals surface area (Å²) in [5, 5.41) is 0.904. The van der Waals surface area contributed by atoms with E-state index in [4.69, 9.17) is 16.6 Å². The molecule has 1 atom stereocenters. The second kappa shape index (κ2) is 7.60. The summed E-state index contributed by atoms with van der Waals surface area (Å²) in [6.07, 6.45) is 3.02. The summed E-state index contributed by atoms with van der Waals surface area (Å²) in [5.74, 6) is 1.67. The van der Waals surface area contributed by atoms with E-state index in [9.17, 15) is 0 Å². The van der Waals surface area contributed by atoms with Gasteiger partial charge in [0, 0.05) is 11.6 Å². The van der Waals surface area contributed by atoms with Crippen LogP contribution in [-0.4, -0.2) is 4.57 Å². The topological polar surface area (TPSA) is 18.1 Å². The third-order valence-electron chi connectivity index (χ3n) is 4.59. The maximum absolute atomic E-state index is 6.05. The number of aromatic nitrogens is 1. The Morgan fingerprint density at radius 1 is 1.35 bits per heavy atom. The molecule has 0 radical (unpaired) electrons. The Bertz CT molecular complexity index is 1110. The van der Waals surface area contributed by atoms with Gasteiger partial charge in [-0.05, 0) is 56.2 Å². The first-order valence-electron chi connectivity index (χ1n) is 8.67. The first kappa shape index (κ1) is 18.6. The van der Waals surface area contributed by atoms with Gasteiger partial charge in [-0.1, -0.05) is 43.9 Å². The van der Waals surface area contributed by atoms with Crippen molar-refractivity contribution in [3.63, 3.8) is 0 Å². The van der Waals surface area contributed by atoms with Crippen molar-refractivity contribution in [2.45, 2.75) is 33.2 Å². The van der Waals surface area contributed by atoms with E-state index in [1.54, 1.807) is 11.3 Å². The van der Waals surface area contributed by atoms with Crippen LogP contribution in [0.4, 0.5) is 0 Å². The van der Waals surface area contributed by atoms with Crippen molar-refractivity contribution in [2.24, 2.45) is 0 Å². The molecule has 2 nitrogen and oxygen atoms in total. The summed E-state index contributed by atoms with van der Waals surface area (Å²) in [6, 6.07) is 12.6. The van der Waals surface area contributed by atoms with E-state index >= 15 is 0 Å². The standard InChI is InChI=1S/C22H23NOS2/c1-6-17-8-7-9-18(12-17)20-11-10-19(24-20)13-21-16(5)23(22(25)26-21)15(4)14(2)3/h7-13,15H,2,5-6H2,1,3-4H3/b21-13+. The summed E-state index contributed by atoms with van der Waals surface area (Å²) in [6.45, 7) is 14.5. The SMILES string of the molecule is C=C(C)C(C)n1c(=S)s/c(=C/c2ccc(-c3cccc(CC)c3)o2)c1=C. The van der Waals surface area contributed by atoms with Crippen LogP contribution in [0.15, 0.2) is 53.0 Å². The highest BCUT2D eigenvalue weighted by Gasteiger charge is 2.10. The highest BCUT2D eigenvalue weighted by Crippen LogP contribution is 2.23. The first-order valence-corrected chi connectivity index (χ1v) is 9.89. The van der Waals surface area contributed by atoms with E-state index in [1.165, 1.54) is 5.56 Å². The van der Waals surface area contributed by atoms with Crippen molar-refractivity contribution < 1.29 is 4.42 Å². The van der Waals surface area contributed by atoms with E-state index in [2.05, 4.69) is 55.8 Å². The molecular formula is C22H23NOS2. The number of furan rings is 1. The minimum absolute atomic E-state index is 0.136. The zero-order valence-corrected chi connectivity index (χ0v) is 17.0. The molecule has 0 bridgehead atoms. The molecule has 4 heteroatoms. The average molecular weight is 382 g/mol. The van der Waals surface area contributed by atoms with E-state index in [1.807, 2.05) is 25.1 Å². The van der Waals surface area contributed by atoms with Gasteiger partial charge in [-0.3, -0.25) is 0 Å². The van der Waals surface area contributed by atoms with Crippen molar-refractivity contribution in [3.8, 4) is 11.3 Å². The number of aryl methyl sites for hydroxylation is 1. The summed E-state index contributed by atoms with van der Waals surface area (Å²) in [7, 11) is 0. The van der Waals surface area contributed by atoms with Gasteiger partial charge in [0.15, 0.2) is 3.95 Å². The second-order valence-electron chi connectivity index (χ2n) is 6.47. The van der Waals surface area contributed by atoms with Gasteiger partial charge in [-0.15, -0.1) is 11.3 Å². The largest absolute Gasteiger partial charge is 0.457 e. The van der Waals surface area contributed by atoms with Crippen LogP contribution in [0.2, 0.25) is 0 Å². The predicted octanol–water partition coefficient (Wildman–Crippen LogP) is 5.48. The van der Waals surface area contributed by atoms with Crippen molar-refractivity contribution in [2.75, 3.05) is 0 Å². The summed E-state index contributed by atoms with van der Waals surface area (Å²) >= 11 is 7.08. The number of nitrogens with zero attached hydrogens (tertiary/aromatic N) is 1. The van der Waals surface area contributed by atoms with Crippen LogP contribution in [0.5, 0.6) is 0 Å². The van der Waals surface area contributed by atoms with Gasteiger partial charge in [0.1, 0.15) is 11.5 Å². The predicted molar refractivity (Wildman–Crippen MR) is 115 cm³/mol. The second-order valence-corrected chi connectivity index (χ2v) is 8.15. The fourth-order valence-electron chi connectivity index (χ4n) is 2.82. The number of hydrogen-bond donors (Lipinski definition) is 0. The first-order chi connectivity index (χ1) is 12.4. The van der Waals surface area contributed by atoms with E-state index in [0.717, 1.165) is 42.9 Å². The molecular weight excluding hydrogens is 358 g/mol. The summed E-state index contributed by atoms with van der Waals surface area (Å²) in [5.41, 5.74) is 3.46.